The van der Waals surface area contributed by atoms with Gasteiger partial charge in [-0.1, -0.05) is 124 Å². The van der Waals surface area contributed by atoms with E-state index in [1.807, 2.05) is 51.1 Å². The van der Waals surface area contributed by atoms with Gasteiger partial charge in [-0.05, 0) is 116 Å². The number of rotatable bonds is 20. The first kappa shape index (κ1) is 46.3. The van der Waals surface area contributed by atoms with Crippen LogP contribution >= 0.6 is 0 Å². The molecule has 0 spiro atoms. The Morgan fingerprint density at radius 1 is 0.862 bits per heavy atom. The largest absolute Gasteiger partial charge is 0.462 e. The lowest BCUT2D eigenvalue weighted by Gasteiger charge is -2.63. The molecule has 5 rings (SSSR count). The monoisotopic (exact) mass is 802 g/mol. The van der Waals surface area contributed by atoms with Crippen molar-refractivity contribution in [3.05, 3.63) is 47.5 Å². The highest BCUT2D eigenvalue weighted by Crippen LogP contribution is 2.72. The summed E-state index contributed by atoms with van der Waals surface area (Å²) in [5, 5.41) is 3.27. The third-order valence-electron chi connectivity index (χ3n) is 16.5. The van der Waals surface area contributed by atoms with Gasteiger partial charge in [0.25, 0.3) is 0 Å². The van der Waals surface area contributed by atoms with E-state index in [-0.39, 0.29) is 60.8 Å². The molecule has 4 aliphatic rings. The van der Waals surface area contributed by atoms with E-state index >= 15 is 0 Å². The van der Waals surface area contributed by atoms with Crippen LogP contribution in [0.15, 0.2) is 42.0 Å². The van der Waals surface area contributed by atoms with Gasteiger partial charge in [0.15, 0.2) is 11.6 Å². The van der Waals surface area contributed by atoms with Crippen LogP contribution in [0, 0.1) is 51.8 Å². The number of ether oxygens (including phenoxy) is 2. The normalized spacial score (nSPS) is 31.7. The van der Waals surface area contributed by atoms with E-state index in [0.29, 0.717) is 29.6 Å². The van der Waals surface area contributed by atoms with Gasteiger partial charge >= 0.3 is 11.9 Å². The van der Waals surface area contributed by atoms with E-state index in [0.717, 1.165) is 54.9 Å². The van der Waals surface area contributed by atoms with Crippen LogP contribution in [0.3, 0.4) is 0 Å². The van der Waals surface area contributed by atoms with Crippen molar-refractivity contribution in [1.82, 2.24) is 5.32 Å². The number of Topliss-reactive ketones (excluding diaryl/α,β-unsaturated/α-hetero) is 2. The highest BCUT2D eigenvalue weighted by molar-refractivity contribution is 5.93. The Balaban J connectivity index is 1.16. The molecule has 7 heteroatoms. The first-order valence-corrected chi connectivity index (χ1v) is 23.3. The Bertz CT molecular complexity index is 1620. The molecule has 1 aromatic carbocycles. The van der Waals surface area contributed by atoms with Gasteiger partial charge in [-0.3, -0.25) is 24.5 Å². The van der Waals surface area contributed by atoms with Crippen molar-refractivity contribution in [1.29, 1.82) is 0 Å². The van der Waals surface area contributed by atoms with Crippen molar-refractivity contribution >= 4 is 23.5 Å². The maximum atomic E-state index is 13.8. The molecule has 4 unspecified atom stereocenters. The maximum absolute atomic E-state index is 13.8. The van der Waals surface area contributed by atoms with E-state index < -0.39 is 17.6 Å². The zero-order chi connectivity index (χ0) is 42.5. The van der Waals surface area contributed by atoms with Crippen molar-refractivity contribution < 1.29 is 28.7 Å². The third-order valence-corrected chi connectivity index (χ3v) is 16.5. The van der Waals surface area contributed by atoms with Crippen LogP contribution in [0.1, 0.15) is 178 Å². The number of hydrogen-bond donors (Lipinski definition) is 1. The first-order chi connectivity index (χ1) is 27.4. The molecule has 1 N–H and O–H groups in total. The average Bonchev–Trinajstić information content (AvgIpc) is 3.56. The van der Waals surface area contributed by atoms with Crippen molar-refractivity contribution in [3.8, 4) is 0 Å². The van der Waals surface area contributed by atoms with Crippen LogP contribution in [-0.2, 0) is 35.3 Å². The van der Waals surface area contributed by atoms with Gasteiger partial charge in [-0.15, -0.1) is 0 Å². The summed E-state index contributed by atoms with van der Waals surface area (Å²) in [6.45, 7) is 22.6. The standard InChI is InChI=1S/C51H79NO6/c1-11-35(5)47(56)41(32-46(55)57-33-37-19-14-13-15-20-37)52-51(10,12-2)44(53)23-24-45(54)58-39-26-29-48(7)38(31-39)25-28-50(9)42-22-21-40(36(6)18-16-17-34(3)4)49(42,8)30-27-43(48)50/h13-15,19-20,25,34-36,39-43,52H,11-12,16-18,21-24,26-33H2,1-10H3/t35?,36-,39?,40+,41?,42+,43+,48-,49+,50-,51?/m0/s1. The number of ketones is 2. The molecule has 0 aliphatic heterocycles. The zero-order valence-electron chi connectivity index (χ0n) is 38.1. The van der Waals surface area contributed by atoms with Gasteiger partial charge in [0.1, 0.15) is 12.7 Å². The number of hydrogen-bond acceptors (Lipinski definition) is 7. The summed E-state index contributed by atoms with van der Waals surface area (Å²) in [7, 11) is 0. The molecular weight excluding hydrogens is 723 g/mol. The van der Waals surface area contributed by atoms with Crippen LogP contribution in [0.2, 0.25) is 0 Å². The van der Waals surface area contributed by atoms with Crippen LogP contribution in [0.5, 0.6) is 0 Å². The summed E-state index contributed by atoms with van der Waals surface area (Å²) < 4.78 is 11.6. The number of nitrogens with one attached hydrogen (secondary N) is 1. The van der Waals surface area contributed by atoms with E-state index in [2.05, 4.69) is 52.9 Å². The van der Waals surface area contributed by atoms with Gasteiger partial charge in [0.2, 0.25) is 0 Å². The summed E-state index contributed by atoms with van der Waals surface area (Å²) in [5.74, 6) is 2.41. The number of fused-ring (bicyclic) bond motifs is 5. The Kier molecular flexibility index (Phi) is 15.4. The molecule has 11 atom stereocenters. The first-order valence-electron chi connectivity index (χ1n) is 23.3. The third kappa shape index (κ3) is 10.0. The van der Waals surface area contributed by atoms with Crippen LogP contribution < -0.4 is 5.32 Å². The highest BCUT2D eigenvalue weighted by Gasteiger charge is 2.64. The Hall–Kier alpha value is -2.80. The fraction of sp³-hybridized carbons (Fsp3) is 0.765. The van der Waals surface area contributed by atoms with Gasteiger partial charge in [-0.2, -0.15) is 0 Å². The lowest BCUT2D eigenvalue weighted by molar-refractivity contribution is -0.154. The second kappa shape index (κ2) is 19.3. The van der Waals surface area contributed by atoms with Gasteiger partial charge in [0.05, 0.1) is 24.4 Å². The second-order valence-electron chi connectivity index (χ2n) is 20.7. The molecule has 0 saturated heterocycles. The number of carbonyl (C=O) groups is 4. The summed E-state index contributed by atoms with van der Waals surface area (Å²) >= 11 is 0. The molecular formula is C51H79NO6. The molecule has 324 valence electrons. The van der Waals surface area contributed by atoms with Gasteiger partial charge in [0, 0.05) is 18.8 Å². The number of carbonyl (C=O) groups excluding carboxylic acids is 4. The summed E-state index contributed by atoms with van der Waals surface area (Å²) in [6.07, 6.45) is 16.5. The highest BCUT2D eigenvalue weighted by atomic mass is 16.5. The Morgan fingerprint density at radius 2 is 1.59 bits per heavy atom. The lowest BCUT2D eigenvalue weighted by atomic mass is 9.41. The molecule has 3 saturated carbocycles. The topological polar surface area (TPSA) is 98.8 Å². The van der Waals surface area contributed by atoms with Crippen LogP contribution in [0.4, 0.5) is 0 Å². The zero-order valence-corrected chi connectivity index (χ0v) is 38.1. The summed E-state index contributed by atoms with van der Waals surface area (Å²) in [5.41, 5.74) is 2.12. The lowest BCUT2D eigenvalue weighted by Crippen LogP contribution is -2.57. The van der Waals surface area contributed by atoms with Crippen molar-refractivity contribution in [3.63, 3.8) is 0 Å². The molecule has 0 radical (unpaired) electrons. The van der Waals surface area contributed by atoms with Gasteiger partial charge in [-0.25, -0.2) is 0 Å². The smallest absolute Gasteiger partial charge is 0.308 e. The minimum Gasteiger partial charge on any atom is -0.462 e. The maximum Gasteiger partial charge on any atom is 0.308 e. The SMILES string of the molecule is CCC(C)C(=O)C(CC(=O)OCc1ccccc1)NC(C)(CC)C(=O)CCC(=O)OC1CC[C@@]2(C)C(=CC[C@@]3(C)[C@@H]4CC[C@H]([C@@H](C)CCCC(C)C)[C@@]4(C)CC[C@@H]32)C1. The fourth-order valence-corrected chi connectivity index (χ4v) is 12.6. The molecule has 4 aliphatic carbocycles. The summed E-state index contributed by atoms with van der Waals surface area (Å²) in [6, 6.07) is 8.54. The van der Waals surface area contributed by atoms with Crippen molar-refractivity contribution in [2.24, 2.45) is 51.8 Å². The van der Waals surface area contributed by atoms with E-state index in [1.165, 1.54) is 50.5 Å². The Labute approximate surface area is 352 Å². The predicted molar refractivity (Wildman–Crippen MR) is 233 cm³/mol. The fourth-order valence-electron chi connectivity index (χ4n) is 12.6. The van der Waals surface area contributed by atoms with E-state index in [9.17, 15) is 19.2 Å². The van der Waals surface area contributed by atoms with E-state index in [4.69, 9.17) is 9.47 Å². The average molecular weight is 802 g/mol. The van der Waals surface area contributed by atoms with E-state index in [1.54, 1.807) is 6.92 Å². The van der Waals surface area contributed by atoms with Crippen molar-refractivity contribution in [2.75, 3.05) is 0 Å². The molecule has 0 amide bonds. The molecule has 7 nitrogen and oxygen atoms in total. The predicted octanol–water partition coefficient (Wildman–Crippen LogP) is 11.6. The van der Waals surface area contributed by atoms with Gasteiger partial charge < -0.3 is 9.47 Å². The molecule has 0 aromatic heterocycles. The number of allylic oxidation sites excluding steroid dienone is 1. The quantitative estimate of drug-likeness (QED) is 0.104. The number of esters is 2. The molecule has 58 heavy (non-hydrogen) atoms. The van der Waals surface area contributed by atoms with Crippen molar-refractivity contribution in [2.45, 2.75) is 196 Å². The second-order valence-corrected chi connectivity index (χ2v) is 20.7. The minimum absolute atomic E-state index is 0.00389. The molecule has 3 fully saturated rings. The number of benzene rings is 1. The summed E-state index contributed by atoms with van der Waals surface area (Å²) in [4.78, 5) is 53.6. The van der Waals surface area contributed by atoms with Crippen LogP contribution in [-0.4, -0.2) is 41.2 Å². The minimum atomic E-state index is -1.10. The molecule has 0 heterocycles. The molecule has 0 bridgehead atoms. The molecule has 1 aromatic rings. The van der Waals surface area contributed by atoms with Crippen LogP contribution in [0.25, 0.3) is 0 Å². The Morgan fingerprint density at radius 3 is 2.26 bits per heavy atom.